The van der Waals surface area contributed by atoms with Gasteiger partial charge in [0.2, 0.25) is 0 Å². The van der Waals surface area contributed by atoms with Gasteiger partial charge in [-0.15, -0.1) is 0 Å². The van der Waals surface area contributed by atoms with Crippen LogP contribution in [0.5, 0.6) is 0 Å². The summed E-state index contributed by atoms with van der Waals surface area (Å²) in [5, 5.41) is 0. The van der Waals surface area contributed by atoms with E-state index in [0.29, 0.717) is 11.1 Å². The molecule has 5 heteroatoms. The minimum Gasteiger partial charge on any atom is -0.465 e. The molecule has 0 bridgehead atoms. The van der Waals surface area contributed by atoms with Crippen molar-refractivity contribution in [3.63, 3.8) is 0 Å². The number of fused-ring (bicyclic) bond motifs is 1. The number of hydrogen-bond acceptors (Lipinski definition) is 5. The zero-order valence-electron chi connectivity index (χ0n) is 10.6. The fraction of sp³-hybridized carbons (Fsp3) is 0.214. The Labute approximate surface area is 109 Å². The largest absolute Gasteiger partial charge is 0.465 e. The van der Waals surface area contributed by atoms with Crippen LogP contribution in [0.25, 0.3) is 5.76 Å². The summed E-state index contributed by atoms with van der Waals surface area (Å²) in [6, 6.07) is 6.59. The molecule has 1 heterocycles. The van der Waals surface area contributed by atoms with Gasteiger partial charge >= 0.3 is 11.9 Å². The van der Waals surface area contributed by atoms with E-state index in [2.05, 4.69) is 4.74 Å². The Hall–Kier alpha value is -2.43. The van der Waals surface area contributed by atoms with Gasteiger partial charge in [0.1, 0.15) is 5.57 Å². The number of hydrogen-bond donors (Lipinski definition) is 0. The molecule has 1 aliphatic heterocycles. The molecule has 1 aromatic rings. The van der Waals surface area contributed by atoms with Gasteiger partial charge in [0, 0.05) is 12.0 Å². The smallest absolute Gasteiger partial charge is 0.345 e. The lowest BCUT2D eigenvalue weighted by Gasteiger charge is -2.06. The summed E-state index contributed by atoms with van der Waals surface area (Å²) in [6.45, 7) is 1.62. The summed E-state index contributed by atoms with van der Waals surface area (Å²) in [5.74, 6) is -1.81. The Balaban J connectivity index is 2.66. The Bertz CT molecular complexity index is 580. The summed E-state index contributed by atoms with van der Waals surface area (Å²) in [6.07, 6.45) is 0.119. The first-order valence-corrected chi connectivity index (χ1v) is 5.77. The van der Waals surface area contributed by atoms with Crippen LogP contribution >= 0.6 is 0 Å². The first kappa shape index (κ1) is 13.0. The van der Waals surface area contributed by atoms with Gasteiger partial charge in [-0.3, -0.25) is 4.79 Å². The number of ether oxygens (including phenoxy) is 2. The summed E-state index contributed by atoms with van der Waals surface area (Å²) in [5.41, 5.74) is 0.556. The summed E-state index contributed by atoms with van der Waals surface area (Å²) in [4.78, 5) is 35.3. The van der Waals surface area contributed by atoms with E-state index >= 15 is 0 Å². The molecule has 0 aliphatic carbocycles. The van der Waals surface area contributed by atoms with E-state index in [0.717, 1.165) is 0 Å². The van der Waals surface area contributed by atoms with Gasteiger partial charge in [-0.2, -0.15) is 0 Å². The third-order valence-electron chi connectivity index (χ3n) is 2.80. The first-order chi connectivity index (χ1) is 9.10. The van der Waals surface area contributed by atoms with Gasteiger partial charge in [-0.25, -0.2) is 9.59 Å². The molecule has 0 radical (unpaired) electrons. The summed E-state index contributed by atoms with van der Waals surface area (Å²) < 4.78 is 9.65. The molecule has 1 aliphatic rings. The molecule has 0 aromatic heterocycles. The average molecular weight is 260 g/mol. The van der Waals surface area contributed by atoms with Crippen LogP contribution in [0.3, 0.4) is 0 Å². The number of rotatable bonds is 3. The van der Waals surface area contributed by atoms with Gasteiger partial charge in [0.05, 0.1) is 12.7 Å². The standard InChI is InChI=1S/C14H12O5/c1-3-10(15)11(14(17)18-2)12-8-6-4-5-7-9(8)13(16)19-12/h4-7H,3H2,1-2H3/b12-11+. The molecule has 19 heavy (non-hydrogen) atoms. The van der Waals surface area contributed by atoms with Crippen molar-refractivity contribution in [2.45, 2.75) is 13.3 Å². The fourth-order valence-corrected chi connectivity index (χ4v) is 1.86. The van der Waals surface area contributed by atoms with Crippen LogP contribution in [-0.4, -0.2) is 24.8 Å². The van der Waals surface area contributed by atoms with Gasteiger partial charge in [0.15, 0.2) is 11.5 Å². The molecule has 0 spiro atoms. The van der Waals surface area contributed by atoms with Gasteiger partial charge < -0.3 is 9.47 Å². The Morgan fingerprint density at radius 2 is 1.84 bits per heavy atom. The molecule has 2 rings (SSSR count). The van der Waals surface area contributed by atoms with Crippen molar-refractivity contribution in [3.8, 4) is 0 Å². The highest BCUT2D eigenvalue weighted by Crippen LogP contribution is 2.32. The molecule has 0 N–H and O–H groups in total. The minimum atomic E-state index is -0.800. The quantitative estimate of drug-likeness (QED) is 0.358. The van der Waals surface area contributed by atoms with Crippen LogP contribution in [0.2, 0.25) is 0 Å². The number of Topliss-reactive ketones (excluding diaryl/α,β-unsaturated/α-hetero) is 1. The second-order valence-electron chi connectivity index (χ2n) is 3.91. The van der Waals surface area contributed by atoms with Crippen LogP contribution < -0.4 is 0 Å². The van der Waals surface area contributed by atoms with E-state index in [4.69, 9.17) is 4.74 Å². The van der Waals surface area contributed by atoms with Crippen molar-refractivity contribution in [2.75, 3.05) is 7.11 Å². The molecule has 0 fully saturated rings. The van der Waals surface area contributed by atoms with Gasteiger partial charge in [-0.05, 0) is 6.07 Å². The number of benzene rings is 1. The Morgan fingerprint density at radius 1 is 1.21 bits per heavy atom. The normalized spacial score (nSPS) is 15.6. The molecule has 98 valence electrons. The summed E-state index contributed by atoms with van der Waals surface area (Å²) >= 11 is 0. The van der Waals surface area contributed by atoms with E-state index in [1.807, 2.05) is 0 Å². The van der Waals surface area contributed by atoms with E-state index in [-0.39, 0.29) is 17.8 Å². The SMILES string of the molecule is CCC(=O)/C(C(=O)OC)=C1\OC(=O)c2ccccc21. The lowest BCUT2D eigenvalue weighted by Crippen LogP contribution is -2.16. The number of carbonyl (C=O) groups is 3. The number of esters is 2. The zero-order chi connectivity index (χ0) is 14.0. The van der Waals surface area contributed by atoms with E-state index < -0.39 is 17.7 Å². The van der Waals surface area contributed by atoms with Crippen LogP contribution in [0.15, 0.2) is 29.8 Å². The fourth-order valence-electron chi connectivity index (χ4n) is 1.86. The van der Waals surface area contributed by atoms with E-state index in [9.17, 15) is 14.4 Å². The Kier molecular flexibility index (Phi) is 3.46. The number of cyclic esters (lactones) is 1. The molecule has 0 atom stereocenters. The van der Waals surface area contributed by atoms with E-state index in [1.165, 1.54) is 7.11 Å². The molecule has 0 saturated carbocycles. The minimum absolute atomic E-state index is 0.0145. The lowest BCUT2D eigenvalue weighted by atomic mass is 10.0. The number of methoxy groups -OCH3 is 1. The summed E-state index contributed by atoms with van der Waals surface area (Å²) in [7, 11) is 1.18. The topological polar surface area (TPSA) is 69.7 Å². The van der Waals surface area contributed by atoms with Crippen LogP contribution in [0.1, 0.15) is 29.3 Å². The molecular formula is C14H12O5. The van der Waals surface area contributed by atoms with E-state index in [1.54, 1.807) is 31.2 Å². The number of ketones is 1. The van der Waals surface area contributed by atoms with Crippen LogP contribution in [-0.2, 0) is 19.1 Å². The molecular weight excluding hydrogens is 248 g/mol. The molecule has 0 saturated heterocycles. The van der Waals surface area contributed by atoms with Gasteiger partial charge in [-0.1, -0.05) is 25.1 Å². The highest BCUT2D eigenvalue weighted by molar-refractivity contribution is 6.24. The highest BCUT2D eigenvalue weighted by Gasteiger charge is 2.33. The average Bonchev–Trinajstić information content (AvgIpc) is 2.76. The van der Waals surface area contributed by atoms with Crippen molar-refractivity contribution < 1.29 is 23.9 Å². The predicted octanol–water partition coefficient (Wildman–Crippen LogP) is 1.72. The van der Waals surface area contributed by atoms with Crippen LogP contribution in [0.4, 0.5) is 0 Å². The molecule has 5 nitrogen and oxygen atoms in total. The lowest BCUT2D eigenvalue weighted by molar-refractivity contribution is -0.137. The second-order valence-corrected chi connectivity index (χ2v) is 3.91. The second kappa shape index (κ2) is 5.06. The predicted molar refractivity (Wildman–Crippen MR) is 66.1 cm³/mol. The Morgan fingerprint density at radius 3 is 2.42 bits per heavy atom. The van der Waals surface area contributed by atoms with Crippen molar-refractivity contribution >= 4 is 23.5 Å². The maximum Gasteiger partial charge on any atom is 0.345 e. The monoisotopic (exact) mass is 260 g/mol. The van der Waals surface area contributed by atoms with Crippen molar-refractivity contribution in [1.82, 2.24) is 0 Å². The third kappa shape index (κ3) is 2.14. The molecule has 1 aromatic carbocycles. The van der Waals surface area contributed by atoms with Crippen molar-refractivity contribution in [2.24, 2.45) is 0 Å². The van der Waals surface area contributed by atoms with Gasteiger partial charge in [0.25, 0.3) is 0 Å². The van der Waals surface area contributed by atoms with Crippen molar-refractivity contribution in [1.29, 1.82) is 0 Å². The molecule has 0 unspecified atom stereocenters. The number of carbonyl (C=O) groups excluding carboxylic acids is 3. The third-order valence-corrected chi connectivity index (χ3v) is 2.80. The highest BCUT2D eigenvalue weighted by atomic mass is 16.5. The first-order valence-electron chi connectivity index (χ1n) is 5.77. The van der Waals surface area contributed by atoms with Crippen LogP contribution in [0, 0.1) is 0 Å². The zero-order valence-corrected chi connectivity index (χ0v) is 10.6. The van der Waals surface area contributed by atoms with Crippen molar-refractivity contribution in [3.05, 3.63) is 41.0 Å². The molecule has 0 amide bonds. The maximum absolute atomic E-state index is 11.9. The maximum atomic E-state index is 11.9.